The van der Waals surface area contributed by atoms with Crippen molar-refractivity contribution in [2.75, 3.05) is 19.0 Å². The first-order valence-corrected chi connectivity index (χ1v) is 10.7. The molecule has 3 atom stereocenters. The molecule has 2 aromatic rings. The first kappa shape index (κ1) is 19.0. The number of fused-ring (bicyclic) bond motifs is 6. The van der Waals surface area contributed by atoms with Gasteiger partial charge >= 0.3 is 6.03 Å². The summed E-state index contributed by atoms with van der Waals surface area (Å²) in [6, 6.07) is 13.2. The largest absolute Gasteiger partial charge is 0.497 e. The van der Waals surface area contributed by atoms with Gasteiger partial charge in [0.05, 0.1) is 19.2 Å². The molecule has 3 aliphatic heterocycles. The smallest absolute Gasteiger partial charge is 0.322 e. The van der Waals surface area contributed by atoms with Crippen molar-refractivity contribution in [1.82, 2.24) is 9.80 Å². The molecule has 0 aromatic heterocycles. The van der Waals surface area contributed by atoms with Gasteiger partial charge in [0.25, 0.3) is 0 Å². The number of nitrogens with zero attached hydrogens (tertiary/aromatic N) is 2. The van der Waals surface area contributed by atoms with Gasteiger partial charge in [-0.05, 0) is 67.5 Å². The fourth-order valence-corrected chi connectivity index (χ4v) is 5.38. The van der Waals surface area contributed by atoms with Crippen molar-refractivity contribution in [2.24, 2.45) is 0 Å². The minimum Gasteiger partial charge on any atom is -0.497 e. The maximum Gasteiger partial charge on any atom is 0.322 e. The first-order valence-electron chi connectivity index (χ1n) is 10.7. The van der Waals surface area contributed by atoms with E-state index in [0.29, 0.717) is 6.54 Å². The molecule has 5 rings (SSSR count). The maximum absolute atomic E-state index is 13.4. The Hall–Kier alpha value is -3.02. The highest BCUT2D eigenvalue weighted by molar-refractivity contribution is 5.96. The number of piperazine rings is 1. The molecule has 0 aliphatic carbocycles. The lowest BCUT2D eigenvalue weighted by atomic mass is 9.78. The number of benzene rings is 2. The summed E-state index contributed by atoms with van der Waals surface area (Å²) in [4.78, 5) is 30.7. The summed E-state index contributed by atoms with van der Waals surface area (Å²) >= 11 is 0. The molecule has 3 unspecified atom stereocenters. The summed E-state index contributed by atoms with van der Waals surface area (Å²) in [6.07, 6.45) is 3.42. The molecule has 2 saturated heterocycles. The van der Waals surface area contributed by atoms with Crippen LogP contribution >= 0.6 is 0 Å². The number of rotatable bonds is 2. The van der Waals surface area contributed by atoms with E-state index in [1.807, 2.05) is 47.1 Å². The number of nitrogens with one attached hydrogen (secondary N) is 1. The number of hydrogen-bond donors (Lipinski definition) is 1. The van der Waals surface area contributed by atoms with E-state index in [0.717, 1.165) is 48.2 Å². The van der Waals surface area contributed by atoms with E-state index < -0.39 is 0 Å². The molecule has 0 spiro atoms. The van der Waals surface area contributed by atoms with Crippen LogP contribution in [-0.2, 0) is 11.2 Å². The number of para-hydroxylation sites is 1. The maximum atomic E-state index is 13.4. The molecule has 1 N–H and O–H groups in total. The van der Waals surface area contributed by atoms with E-state index in [-0.39, 0.29) is 30.1 Å². The predicted octanol–water partition coefficient (Wildman–Crippen LogP) is 3.90. The van der Waals surface area contributed by atoms with Gasteiger partial charge in [-0.3, -0.25) is 4.79 Å². The van der Waals surface area contributed by atoms with Crippen LogP contribution in [0.25, 0.3) is 0 Å². The SMILES string of the molecule is COc1ccc2c(c1)CCN1C(=O)C3CCCC(C21)N3C(=O)Nc1ccccc1C. The molecule has 3 amide bonds. The highest BCUT2D eigenvalue weighted by Gasteiger charge is 2.52. The number of hydrogen-bond acceptors (Lipinski definition) is 3. The van der Waals surface area contributed by atoms with Crippen LogP contribution in [0.5, 0.6) is 5.75 Å². The quantitative estimate of drug-likeness (QED) is 0.824. The molecular weight excluding hydrogens is 378 g/mol. The van der Waals surface area contributed by atoms with Crippen LogP contribution in [0.4, 0.5) is 10.5 Å². The third-order valence-electron chi connectivity index (χ3n) is 6.85. The zero-order valence-corrected chi connectivity index (χ0v) is 17.4. The van der Waals surface area contributed by atoms with Crippen LogP contribution in [-0.4, -0.2) is 47.5 Å². The van der Waals surface area contributed by atoms with Gasteiger partial charge in [0.15, 0.2) is 0 Å². The molecule has 2 aromatic carbocycles. The molecule has 2 bridgehead atoms. The number of piperidine rings is 1. The van der Waals surface area contributed by atoms with E-state index in [1.165, 1.54) is 5.56 Å². The Morgan fingerprint density at radius 2 is 2.00 bits per heavy atom. The average Bonchev–Trinajstić information content (AvgIpc) is 2.77. The third kappa shape index (κ3) is 2.93. The third-order valence-corrected chi connectivity index (χ3v) is 6.85. The number of amides is 3. The lowest BCUT2D eigenvalue weighted by Gasteiger charge is -2.55. The summed E-state index contributed by atoms with van der Waals surface area (Å²) in [5, 5.41) is 3.06. The normalized spacial score (nSPS) is 24.7. The van der Waals surface area contributed by atoms with Crippen molar-refractivity contribution < 1.29 is 14.3 Å². The number of urea groups is 1. The van der Waals surface area contributed by atoms with Crippen LogP contribution in [0.2, 0.25) is 0 Å². The van der Waals surface area contributed by atoms with Crippen LogP contribution in [0.15, 0.2) is 42.5 Å². The van der Waals surface area contributed by atoms with Gasteiger partial charge in [-0.25, -0.2) is 4.79 Å². The molecule has 30 heavy (non-hydrogen) atoms. The average molecular weight is 405 g/mol. The minimum atomic E-state index is -0.371. The zero-order valence-electron chi connectivity index (χ0n) is 17.4. The van der Waals surface area contributed by atoms with Crippen LogP contribution < -0.4 is 10.1 Å². The molecule has 6 heteroatoms. The summed E-state index contributed by atoms with van der Waals surface area (Å²) in [6.45, 7) is 2.67. The summed E-state index contributed by atoms with van der Waals surface area (Å²) in [5.41, 5.74) is 4.17. The van der Waals surface area contributed by atoms with Gasteiger partial charge in [-0.15, -0.1) is 0 Å². The number of carbonyl (C=O) groups excluding carboxylic acids is 2. The molecule has 6 nitrogen and oxygen atoms in total. The van der Waals surface area contributed by atoms with Gasteiger partial charge in [-0.1, -0.05) is 24.3 Å². The Bertz CT molecular complexity index is 1000. The predicted molar refractivity (Wildman–Crippen MR) is 115 cm³/mol. The zero-order chi connectivity index (χ0) is 20.8. The Labute approximate surface area is 176 Å². The van der Waals surface area contributed by atoms with Crippen LogP contribution in [0.1, 0.15) is 42.0 Å². The fraction of sp³-hybridized carbons (Fsp3) is 0.417. The summed E-state index contributed by atoms with van der Waals surface area (Å²) < 4.78 is 5.40. The van der Waals surface area contributed by atoms with Gasteiger partial charge in [0.1, 0.15) is 11.8 Å². The van der Waals surface area contributed by atoms with Crippen molar-refractivity contribution in [3.8, 4) is 5.75 Å². The monoisotopic (exact) mass is 405 g/mol. The Kier molecular flexibility index (Phi) is 4.65. The minimum absolute atomic E-state index is 0.0158. The number of anilines is 1. The van der Waals surface area contributed by atoms with Gasteiger partial charge in [0.2, 0.25) is 5.91 Å². The topological polar surface area (TPSA) is 61.9 Å². The van der Waals surface area contributed by atoms with E-state index in [4.69, 9.17) is 4.74 Å². The van der Waals surface area contributed by atoms with Crippen LogP contribution in [0.3, 0.4) is 0 Å². The molecule has 3 aliphatic rings. The van der Waals surface area contributed by atoms with Gasteiger partial charge in [-0.2, -0.15) is 0 Å². The standard InChI is InChI=1S/C24H27N3O3/c1-15-6-3-4-7-19(15)25-24(29)27-20-8-5-9-21(27)23(28)26-13-12-16-14-17(30-2)10-11-18(16)22(20)26/h3-4,6-7,10-11,14,20-22H,5,8-9,12-13H2,1-2H3,(H,25,29). The van der Waals surface area contributed by atoms with E-state index in [1.54, 1.807) is 7.11 Å². The first-order chi connectivity index (χ1) is 14.6. The molecule has 2 fully saturated rings. The van der Waals surface area contributed by atoms with Gasteiger partial charge < -0.3 is 19.9 Å². The number of aryl methyl sites for hydroxylation is 1. The second kappa shape index (κ2) is 7.35. The highest BCUT2D eigenvalue weighted by Crippen LogP contribution is 2.45. The highest BCUT2D eigenvalue weighted by atomic mass is 16.5. The summed E-state index contributed by atoms with van der Waals surface area (Å²) in [7, 11) is 1.67. The number of carbonyl (C=O) groups is 2. The Balaban J connectivity index is 1.51. The summed E-state index contributed by atoms with van der Waals surface area (Å²) in [5.74, 6) is 0.914. The van der Waals surface area contributed by atoms with Crippen molar-refractivity contribution in [2.45, 2.75) is 50.7 Å². The lowest BCUT2D eigenvalue weighted by molar-refractivity contribution is -0.152. The van der Waals surface area contributed by atoms with E-state index in [2.05, 4.69) is 17.4 Å². The van der Waals surface area contributed by atoms with Crippen LogP contribution in [0, 0.1) is 6.92 Å². The molecule has 156 valence electrons. The van der Waals surface area contributed by atoms with Crippen molar-refractivity contribution in [1.29, 1.82) is 0 Å². The Morgan fingerprint density at radius 1 is 1.17 bits per heavy atom. The van der Waals surface area contributed by atoms with Crippen molar-refractivity contribution in [3.05, 3.63) is 59.2 Å². The molecule has 0 radical (unpaired) electrons. The van der Waals surface area contributed by atoms with Crippen molar-refractivity contribution in [3.63, 3.8) is 0 Å². The van der Waals surface area contributed by atoms with E-state index >= 15 is 0 Å². The van der Waals surface area contributed by atoms with E-state index in [9.17, 15) is 9.59 Å². The molecule has 0 saturated carbocycles. The number of methoxy groups -OCH3 is 1. The van der Waals surface area contributed by atoms with Gasteiger partial charge in [0, 0.05) is 12.2 Å². The second-order valence-electron chi connectivity index (χ2n) is 8.46. The molecule has 3 heterocycles. The Morgan fingerprint density at radius 3 is 2.80 bits per heavy atom. The second-order valence-corrected chi connectivity index (χ2v) is 8.46. The number of ether oxygens (including phenoxy) is 1. The fourth-order valence-electron chi connectivity index (χ4n) is 5.38. The lowest BCUT2D eigenvalue weighted by Crippen LogP contribution is -2.67. The molecular formula is C24H27N3O3. The van der Waals surface area contributed by atoms with Crippen molar-refractivity contribution >= 4 is 17.6 Å².